The molecular formula is C16H29IN4O3S. The Labute approximate surface area is 168 Å². The van der Waals surface area contributed by atoms with Crippen LogP contribution in [0.2, 0.25) is 0 Å². The number of nitrogens with zero attached hydrogens (tertiary/aromatic N) is 2. The standard InChI is InChI=1S/C16H28N4O3S.HI/c1-5-23-12-8-11-18-16(17-2)19-13-14-9-6-7-10-15(14)24(21,22)20(3)4;/h6-7,9-10H,5,8,11-13H2,1-4H3,(H2,17,18,19);1H. The van der Waals surface area contributed by atoms with Gasteiger partial charge in [0.2, 0.25) is 10.0 Å². The summed E-state index contributed by atoms with van der Waals surface area (Å²) in [5.74, 6) is 0.628. The zero-order chi connectivity index (χ0) is 18.0. The fraction of sp³-hybridized carbons (Fsp3) is 0.562. The number of ether oxygens (including phenoxy) is 1. The monoisotopic (exact) mass is 484 g/mol. The van der Waals surface area contributed by atoms with Gasteiger partial charge in [0, 0.05) is 47.4 Å². The maximum atomic E-state index is 12.4. The molecule has 0 aliphatic carbocycles. The number of hydrogen-bond donors (Lipinski definition) is 2. The molecule has 0 heterocycles. The van der Waals surface area contributed by atoms with E-state index in [0.29, 0.717) is 36.2 Å². The SMILES string of the molecule is CCOCCCNC(=NC)NCc1ccccc1S(=O)(=O)N(C)C.I. The van der Waals surface area contributed by atoms with Crippen LogP contribution in [0.15, 0.2) is 34.2 Å². The van der Waals surface area contributed by atoms with E-state index in [1.807, 2.05) is 13.0 Å². The maximum absolute atomic E-state index is 12.4. The van der Waals surface area contributed by atoms with E-state index in [2.05, 4.69) is 15.6 Å². The number of halogens is 1. The molecule has 1 aromatic carbocycles. The van der Waals surface area contributed by atoms with E-state index in [0.717, 1.165) is 13.0 Å². The molecular weight excluding hydrogens is 455 g/mol. The first-order valence-electron chi connectivity index (χ1n) is 7.96. The second-order valence-corrected chi connectivity index (χ2v) is 7.42. The molecule has 1 rings (SSSR count). The smallest absolute Gasteiger partial charge is 0.242 e. The zero-order valence-electron chi connectivity index (χ0n) is 15.3. The highest BCUT2D eigenvalue weighted by Gasteiger charge is 2.20. The van der Waals surface area contributed by atoms with Crippen molar-refractivity contribution in [3.05, 3.63) is 29.8 Å². The highest BCUT2D eigenvalue weighted by Crippen LogP contribution is 2.18. The van der Waals surface area contributed by atoms with E-state index in [1.54, 1.807) is 25.2 Å². The Hall–Kier alpha value is -0.910. The van der Waals surface area contributed by atoms with Crippen molar-refractivity contribution in [1.82, 2.24) is 14.9 Å². The van der Waals surface area contributed by atoms with E-state index in [4.69, 9.17) is 4.74 Å². The molecule has 0 aliphatic heterocycles. The van der Waals surface area contributed by atoms with Crippen LogP contribution in [-0.2, 0) is 21.3 Å². The van der Waals surface area contributed by atoms with Gasteiger partial charge in [-0.3, -0.25) is 4.99 Å². The number of sulfonamides is 1. The molecule has 0 aromatic heterocycles. The van der Waals surface area contributed by atoms with Crippen LogP contribution in [0.5, 0.6) is 0 Å². The summed E-state index contributed by atoms with van der Waals surface area (Å²) < 4.78 is 31.3. The van der Waals surface area contributed by atoms with Gasteiger partial charge >= 0.3 is 0 Å². The minimum absolute atomic E-state index is 0. The predicted octanol–water partition coefficient (Wildman–Crippen LogP) is 1.65. The van der Waals surface area contributed by atoms with Crippen molar-refractivity contribution in [2.24, 2.45) is 4.99 Å². The quantitative estimate of drug-likeness (QED) is 0.241. The number of aliphatic imine (C=N–C) groups is 1. The summed E-state index contributed by atoms with van der Waals surface area (Å²) in [6, 6.07) is 6.96. The molecule has 0 aliphatic rings. The first-order chi connectivity index (χ1) is 11.4. The number of guanidine groups is 1. The lowest BCUT2D eigenvalue weighted by Gasteiger charge is -2.17. The first-order valence-corrected chi connectivity index (χ1v) is 9.40. The van der Waals surface area contributed by atoms with Crippen LogP contribution >= 0.6 is 24.0 Å². The lowest BCUT2D eigenvalue weighted by molar-refractivity contribution is 0.145. The summed E-state index contributed by atoms with van der Waals surface area (Å²) in [5, 5.41) is 6.32. The second kappa shape index (κ2) is 12.4. The van der Waals surface area contributed by atoms with E-state index in [-0.39, 0.29) is 24.0 Å². The lowest BCUT2D eigenvalue weighted by atomic mass is 10.2. The molecule has 0 spiro atoms. The average molecular weight is 484 g/mol. The minimum atomic E-state index is -3.47. The van der Waals surface area contributed by atoms with Gasteiger partial charge in [-0.15, -0.1) is 24.0 Å². The summed E-state index contributed by atoms with van der Waals surface area (Å²) in [7, 11) is 1.26. The molecule has 2 N–H and O–H groups in total. The Balaban J connectivity index is 0.00000576. The third-order valence-corrected chi connectivity index (χ3v) is 5.28. The number of hydrogen-bond acceptors (Lipinski definition) is 4. The summed E-state index contributed by atoms with van der Waals surface area (Å²) in [5.41, 5.74) is 0.698. The molecule has 0 saturated carbocycles. The van der Waals surface area contributed by atoms with Crippen molar-refractivity contribution in [2.45, 2.75) is 24.8 Å². The molecule has 0 radical (unpaired) electrons. The number of benzene rings is 1. The van der Waals surface area contributed by atoms with Gasteiger partial charge in [-0.1, -0.05) is 18.2 Å². The van der Waals surface area contributed by atoms with Crippen LogP contribution in [0.3, 0.4) is 0 Å². The van der Waals surface area contributed by atoms with Gasteiger partial charge in [-0.2, -0.15) is 0 Å². The Morgan fingerprint density at radius 1 is 1.24 bits per heavy atom. The van der Waals surface area contributed by atoms with Crippen LogP contribution in [0, 0.1) is 0 Å². The summed E-state index contributed by atoms with van der Waals surface area (Å²) in [6.07, 6.45) is 0.875. The van der Waals surface area contributed by atoms with Crippen LogP contribution in [0.25, 0.3) is 0 Å². The van der Waals surface area contributed by atoms with Gasteiger partial charge in [-0.25, -0.2) is 12.7 Å². The molecule has 25 heavy (non-hydrogen) atoms. The fourth-order valence-corrected chi connectivity index (χ4v) is 3.14. The van der Waals surface area contributed by atoms with E-state index in [1.165, 1.54) is 18.4 Å². The van der Waals surface area contributed by atoms with Crippen molar-refractivity contribution in [2.75, 3.05) is 40.9 Å². The normalized spacial score (nSPS) is 12.0. The second-order valence-electron chi connectivity index (χ2n) is 5.30. The third kappa shape index (κ3) is 7.89. The Kier molecular flexibility index (Phi) is 12.0. The summed E-state index contributed by atoms with van der Waals surface area (Å²) in [6.45, 7) is 4.48. The Morgan fingerprint density at radius 3 is 2.52 bits per heavy atom. The van der Waals surface area contributed by atoms with Gasteiger partial charge in [0.25, 0.3) is 0 Å². The fourth-order valence-electron chi connectivity index (χ4n) is 2.02. The van der Waals surface area contributed by atoms with Crippen molar-refractivity contribution in [1.29, 1.82) is 0 Å². The molecule has 0 fully saturated rings. The van der Waals surface area contributed by atoms with Crippen LogP contribution in [0.4, 0.5) is 0 Å². The predicted molar refractivity (Wildman–Crippen MR) is 112 cm³/mol. The number of rotatable bonds is 9. The highest BCUT2D eigenvalue weighted by molar-refractivity contribution is 14.0. The van der Waals surface area contributed by atoms with E-state index in [9.17, 15) is 8.42 Å². The molecule has 0 saturated heterocycles. The first kappa shape index (κ1) is 24.1. The van der Waals surface area contributed by atoms with Crippen molar-refractivity contribution in [3.8, 4) is 0 Å². The van der Waals surface area contributed by atoms with Crippen LogP contribution < -0.4 is 10.6 Å². The van der Waals surface area contributed by atoms with Gasteiger partial charge in [0.1, 0.15) is 0 Å². The minimum Gasteiger partial charge on any atom is -0.382 e. The molecule has 9 heteroatoms. The molecule has 0 atom stereocenters. The molecule has 0 amide bonds. The lowest BCUT2D eigenvalue weighted by Crippen LogP contribution is -2.38. The van der Waals surface area contributed by atoms with Gasteiger partial charge in [-0.05, 0) is 25.0 Å². The van der Waals surface area contributed by atoms with Gasteiger partial charge in [0.15, 0.2) is 5.96 Å². The number of nitrogens with one attached hydrogen (secondary N) is 2. The van der Waals surface area contributed by atoms with Crippen molar-refractivity contribution >= 4 is 40.0 Å². The van der Waals surface area contributed by atoms with Gasteiger partial charge < -0.3 is 15.4 Å². The van der Waals surface area contributed by atoms with Crippen LogP contribution in [0.1, 0.15) is 18.9 Å². The summed E-state index contributed by atoms with van der Waals surface area (Å²) in [4.78, 5) is 4.44. The Bertz CT molecular complexity index is 636. The zero-order valence-corrected chi connectivity index (χ0v) is 18.4. The third-order valence-electron chi connectivity index (χ3n) is 3.36. The van der Waals surface area contributed by atoms with Crippen LogP contribution in [-0.4, -0.2) is 59.6 Å². The largest absolute Gasteiger partial charge is 0.382 e. The van der Waals surface area contributed by atoms with E-state index >= 15 is 0 Å². The molecule has 144 valence electrons. The topological polar surface area (TPSA) is 83.0 Å². The molecule has 7 nitrogen and oxygen atoms in total. The molecule has 0 unspecified atom stereocenters. The maximum Gasteiger partial charge on any atom is 0.242 e. The molecule has 0 bridgehead atoms. The average Bonchev–Trinajstić information content (AvgIpc) is 2.57. The highest BCUT2D eigenvalue weighted by atomic mass is 127. The molecule has 1 aromatic rings. The van der Waals surface area contributed by atoms with Gasteiger partial charge in [0.05, 0.1) is 4.90 Å². The summed E-state index contributed by atoms with van der Waals surface area (Å²) >= 11 is 0. The Morgan fingerprint density at radius 2 is 1.92 bits per heavy atom. The van der Waals surface area contributed by atoms with Crippen molar-refractivity contribution < 1.29 is 13.2 Å². The van der Waals surface area contributed by atoms with Crippen molar-refractivity contribution in [3.63, 3.8) is 0 Å². The van der Waals surface area contributed by atoms with E-state index < -0.39 is 10.0 Å².